The molecular formula is C15H15N5O4. The number of amides is 2. The predicted molar refractivity (Wildman–Crippen MR) is 84.0 cm³/mol. The van der Waals surface area contributed by atoms with Crippen molar-refractivity contribution in [3.05, 3.63) is 45.9 Å². The molecule has 2 heterocycles. The van der Waals surface area contributed by atoms with Crippen LogP contribution in [-0.4, -0.2) is 40.1 Å². The van der Waals surface area contributed by atoms with E-state index < -0.39 is 12.0 Å². The highest BCUT2D eigenvalue weighted by Gasteiger charge is 2.24. The fraction of sp³-hybridized carbons (Fsp3) is 0.267. The SMILES string of the molecule is CCOC(=O)C1=C(Cn2nnc3ccccc3c2=O)NC(=O)NC1. The molecule has 2 amide bonds. The minimum Gasteiger partial charge on any atom is -0.463 e. The van der Waals surface area contributed by atoms with Gasteiger partial charge >= 0.3 is 12.0 Å². The van der Waals surface area contributed by atoms with Crippen molar-refractivity contribution in [3.8, 4) is 0 Å². The largest absolute Gasteiger partial charge is 0.463 e. The van der Waals surface area contributed by atoms with Crippen molar-refractivity contribution in [1.29, 1.82) is 0 Å². The molecule has 3 rings (SSSR count). The Morgan fingerprint density at radius 3 is 2.92 bits per heavy atom. The first-order valence-electron chi connectivity index (χ1n) is 7.36. The second-order valence-corrected chi connectivity index (χ2v) is 5.05. The van der Waals surface area contributed by atoms with E-state index in [1.54, 1.807) is 31.2 Å². The van der Waals surface area contributed by atoms with E-state index in [0.29, 0.717) is 10.9 Å². The first-order chi connectivity index (χ1) is 11.6. The van der Waals surface area contributed by atoms with Crippen LogP contribution in [0.25, 0.3) is 10.9 Å². The summed E-state index contributed by atoms with van der Waals surface area (Å²) in [7, 11) is 0. The number of urea groups is 1. The van der Waals surface area contributed by atoms with Crippen molar-refractivity contribution in [2.45, 2.75) is 13.5 Å². The molecule has 0 unspecified atom stereocenters. The van der Waals surface area contributed by atoms with Crippen molar-refractivity contribution >= 4 is 22.9 Å². The van der Waals surface area contributed by atoms with Gasteiger partial charge in [0.15, 0.2) is 0 Å². The van der Waals surface area contributed by atoms with Crippen molar-refractivity contribution in [2.24, 2.45) is 0 Å². The summed E-state index contributed by atoms with van der Waals surface area (Å²) < 4.78 is 6.07. The topological polar surface area (TPSA) is 115 Å². The Labute approximate surface area is 136 Å². The molecule has 9 heteroatoms. The Hall–Kier alpha value is -3.23. The summed E-state index contributed by atoms with van der Waals surface area (Å²) in [5, 5.41) is 13.3. The van der Waals surface area contributed by atoms with Gasteiger partial charge in [-0.3, -0.25) is 4.79 Å². The highest BCUT2D eigenvalue weighted by atomic mass is 16.5. The van der Waals surface area contributed by atoms with E-state index in [9.17, 15) is 14.4 Å². The summed E-state index contributed by atoms with van der Waals surface area (Å²) in [6.07, 6.45) is 0. The first-order valence-corrected chi connectivity index (χ1v) is 7.36. The maximum atomic E-state index is 12.5. The average molecular weight is 329 g/mol. The molecule has 0 atom stereocenters. The molecule has 2 aromatic rings. The van der Waals surface area contributed by atoms with E-state index in [4.69, 9.17) is 4.74 Å². The van der Waals surface area contributed by atoms with Gasteiger partial charge in [0.05, 0.1) is 36.4 Å². The zero-order valence-electron chi connectivity index (χ0n) is 12.9. The van der Waals surface area contributed by atoms with Crippen LogP contribution in [0.1, 0.15) is 6.92 Å². The van der Waals surface area contributed by atoms with Gasteiger partial charge in [0.1, 0.15) is 5.52 Å². The normalized spacial score (nSPS) is 14.3. The number of allylic oxidation sites excluding steroid dienone is 1. The molecule has 0 spiro atoms. The summed E-state index contributed by atoms with van der Waals surface area (Å²) in [4.78, 5) is 36.0. The van der Waals surface area contributed by atoms with Gasteiger partial charge in [-0.2, -0.15) is 0 Å². The third kappa shape index (κ3) is 2.96. The monoisotopic (exact) mass is 329 g/mol. The van der Waals surface area contributed by atoms with Crippen LogP contribution < -0.4 is 16.2 Å². The summed E-state index contributed by atoms with van der Waals surface area (Å²) in [6.45, 7) is 1.83. The molecule has 1 aromatic heterocycles. The number of nitrogens with one attached hydrogen (secondary N) is 2. The van der Waals surface area contributed by atoms with Gasteiger partial charge in [0.2, 0.25) is 0 Å². The molecule has 24 heavy (non-hydrogen) atoms. The number of hydrogen-bond acceptors (Lipinski definition) is 6. The molecule has 1 aliphatic heterocycles. The second-order valence-electron chi connectivity index (χ2n) is 5.05. The minimum absolute atomic E-state index is 0.0236. The fourth-order valence-corrected chi connectivity index (χ4v) is 2.36. The smallest absolute Gasteiger partial charge is 0.337 e. The fourth-order valence-electron chi connectivity index (χ4n) is 2.36. The number of benzene rings is 1. The number of fused-ring (bicyclic) bond motifs is 1. The molecular weight excluding hydrogens is 314 g/mol. The van der Waals surface area contributed by atoms with E-state index >= 15 is 0 Å². The number of hydrogen-bond donors (Lipinski definition) is 2. The number of aromatic nitrogens is 3. The van der Waals surface area contributed by atoms with Crippen LogP contribution in [0.5, 0.6) is 0 Å². The summed E-state index contributed by atoms with van der Waals surface area (Å²) in [6, 6.07) is 6.36. The molecule has 1 aromatic carbocycles. The number of esters is 1. The van der Waals surface area contributed by atoms with Gasteiger partial charge in [-0.1, -0.05) is 17.3 Å². The number of nitrogens with zero attached hydrogens (tertiary/aromatic N) is 3. The third-order valence-corrected chi connectivity index (χ3v) is 3.51. The van der Waals surface area contributed by atoms with E-state index in [1.807, 2.05) is 0 Å². The van der Waals surface area contributed by atoms with Crippen LogP contribution in [0.15, 0.2) is 40.3 Å². The van der Waals surface area contributed by atoms with E-state index in [0.717, 1.165) is 4.68 Å². The Bertz CT molecular complexity index is 902. The quantitative estimate of drug-likeness (QED) is 0.758. The lowest BCUT2D eigenvalue weighted by atomic mass is 10.1. The van der Waals surface area contributed by atoms with Gasteiger partial charge in [-0.25, -0.2) is 14.3 Å². The average Bonchev–Trinajstić information content (AvgIpc) is 2.58. The van der Waals surface area contributed by atoms with Crippen molar-refractivity contribution in [2.75, 3.05) is 13.2 Å². The highest BCUT2D eigenvalue weighted by molar-refractivity contribution is 5.93. The molecule has 0 saturated carbocycles. The zero-order valence-corrected chi connectivity index (χ0v) is 12.9. The number of carbonyl (C=O) groups is 2. The second kappa shape index (κ2) is 6.49. The molecule has 0 radical (unpaired) electrons. The van der Waals surface area contributed by atoms with Crippen molar-refractivity contribution < 1.29 is 14.3 Å². The van der Waals surface area contributed by atoms with Gasteiger partial charge < -0.3 is 15.4 Å². The van der Waals surface area contributed by atoms with Crippen LogP contribution in [0.3, 0.4) is 0 Å². The standard InChI is InChI=1S/C15H15N5O4/c1-2-24-14(22)10-7-16-15(23)17-12(10)8-20-13(21)9-5-3-4-6-11(9)18-19-20/h3-6H,2,7-8H2,1H3,(H2,16,17,23). The molecule has 0 aliphatic carbocycles. The van der Waals surface area contributed by atoms with Crippen LogP contribution in [-0.2, 0) is 16.1 Å². The molecule has 9 nitrogen and oxygen atoms in total. The van der Waals surface area contributed by atoms with Gasteiger partial charge in [0.25, 0.3) is 5.56 Å². The lowest BCUT2D eigenvalue weighted by Gasteiger charge is -2.21. The summed E-state index contributed by atoms with van der Waals surface area (Å²) in [5.41, 5.74) is 0.638. The van der Waals surface area contributed by atoms with Gasteiger partial charge in [-0.15, -0.1) is 5.10 Å². The Morgan fingerprint density at radius 1 is 1.33 bits per heavy atom. The van der Waals surface area contributed by atoms with Crippen molar-refractivity contribution in [3.63, 3.8) is 0 Å². The van der Waals surface area contributed by atoms with Gasteiger partial charge in [-0.05, 0) is 19.1 Å². The number of rotatable bonds is 4. The van der Waals surface area contributed by atoms with Crippen molar-refractivity contribution in [1.82, 2.24) is 25.6 Å². The van der Waals surface area contributed by atoms with E-state index in [1.165, 1.54) is 0 Å². The van der Waals surface area contributed by atoms with Crippen LogP contribution in [0.2, 0.25) is 0 Å². The Balaban J connectivity index is 2.01. The molecule has 0 fully saturated rings. The summed E-state index contributed by atoms with van der Waals surface area (Å²) >= 11 is 0. The Morgan fingerprint density at radius 2 is 2.12 bits per heavy atom. The molecule has 0 bridgehead atoms. The maximum Gasteiger partial charge on any atom is 0.337 e. The molecule has 1 aliphatic rings. The van der Waals surface area contributed by atoms with Crippen LogP contribution in [0.4, 0.5) is 4.79 Å². The summed E-state index contributed by atoms with van der Waals surface area (Å²) in [5.74, 6) is -0.554. The van der Waals surface area contributed by atoms with Crippen LogP contribution in [0, 0.1) is 0 Å². The predicted octanol–water partition coefficient (Wildman–Crippen LogP) is -0.0785. The number of carbonyl (C=O) groups excluding carboxylic acids is 2. The molecule has 2 N–H and O–H groups in total. The zero-order chi connectivity index (χ0) is 17.1. The highest BCUT2D eigenvalue weighted by Crippen LogP contribution is 2.10. The first kappa shape index (κ1) is 15.7. The molecule has 0 saturated heterocycles. The van der Waals surface area contributed by atoms with Gasteiger partial charge in [0, 0.05) is 0 Å². The lowest BCUT2D eigenvalue weighted by Crippen LogP contribution is -2.45. The lowest BCUT2D eigenvalue weighted by molar-refractivity contribution is -0.138. The minimum atomic E-state index is -0.554. The Kier molecular flexibility index (Phi) is 4.23. The molecule has 124 valence electrons. The van der Waals surface area contributed by atoms with E-state index in [-0.39, 0.29) is 36.5 Å². The maximum absolute atomic E-state index is 12.5. The van der Waals surface area contributed by atoms with E-state index in [2.05, 4.69) is 20.9 Å². The third-order valence-electron chi connectivity index (χ3n) is 3.51. The van der Waals surface area contributed by atoms with Crippen LogP contribution >= 0.6 is 0 Å². The number of ether oxygens (including phenoxy) is 1.